The molecule has 0 saturated heterocycles. The Morgan fingerprint density at radius 1 is 0.627 bits per heavy atom. The van der Waals surface area contributed by atoms with Gasteiger partial charge < -0.3 is 27.1 Å². The van der Waals surface area contributed by atoms with Crippen LogP contribution in [0.3, 0.4) is 0 Å². The van der Waals surface area contributed by atoms with Gasteiger partial charge in [0, 0.05) is 18.3 Å². The zero-order chi connectivity index (χ0) is 38.2. The van der Waals surface area contributed by atoms with E-state index in [0.29, 0.717) is 64.8 Å². The Balaban J connectivity index is 0.000000382. The summed E-state index contributed by atoms with van der Waals surface area (Å²) in [5.74, 6) is 2.06. The van der Waals surface area contributed by atoms with Crippen LogP contribution >= 0.6 is 22.8 Å². The maximum absolute atomic E-state index is 12.4. The highest BCUT2D eigenvalue weighted by atomic mass is 31.2. The van der Waals surface area contributed by atoms with Gasteiger partial charge in [-0.3, -0.25) is 13.7 Å². The lowest BCUT2D eigenvalue weighted by Crippen LogP contribution is -2.09. The summed E-state index contributed by atoms with van der Waals surface area (Å²) in [4.78, 5) is 0. The van der Waals surface area contributed by atoms with Gasteiger partial charge in [0.15, 0.2) is 0 Å². The normalized spacial score (nSPS) is 20.7. The molecule has 0 N–H and O–H groups in total. The first kappa shape index (κ1) is 47.2. The van der Waals surface area contributed by atoms with Crippen LogP contribution < -0.4 is 0 Å². The Morgan fingerprint density at radius 2 is 1.14 bits per heavy atom. The lowest BCUT2D eigenvalue weighted by atomic mass is 10.0. The molecule has 51 heavy (non-hydrogen) atoms. The van der Waals surface area contributed by atoms with Crippen LogP contribution in [0.5, 0.6) is 0 Å². The van der Waals surface area contributed by atoms with Crippen molar-refractivity contribution in [1.29, 1.82) is 15.8 Å². The van der Waals surface area contributed by atoms with Gasteiger partial charge in [-0.25, -0.2) is 0 Å². The molecule has 0 bridgehead atoms. The van der Waals surface area contributed by atoms with Crippen molar-refractivity contribution in [3.05, 3.63) is 34.2 Å². The predicted molar refractivity (Wildman–Crippen MR) is 200 cm³/mol. The molecule has 3 rings (SSSR count). The van der Waals surface area contributed by atoms with E-state index in [9.17, 15) is 13.7 Å². The molecule has 0 aromatic rings. The molecule has 3 aliphatic rings. The summed E-state index contributed by atoms with van der Waals surface area (Å²) < 4.78 is 68.6. The minimum atomic E-state index is -3.10. The van der Waals surface area contributed by atoms with Crippen LogP contribution in [-0.4, -0.2) is 52.0 Å². The number of hydrogen-bond acceptors (Lipinski definition) is 12. The van der Waals surface area contributed by atoms with Crippen LogP contribution in [0.4, 0.5) is 0 Å². The second-order valence-electron chi connectivity index (χ2n) is 12.1. The molecular weight excluding hydrogens is 711 g/mol. The minimum Gasteiger partial charge on any atom is -0.309 e. The van der Waals surface area contributed by atoms with E-state index in [4.69, 9.17) is 42.9 Å². The summed E-state index contributed by atoms with van der Waals surface area (Å²) in [6, 6.07) is 6.39. The smallest absolute Gasteiger partial charge is 0.309 e. The zero-order valence-electron chi connectivity index (χ0n) is 31.6. The highest BCUT2D eigenvalue weighted by molar-refractivity contribution is 7.57. The Labute approximate surface area is 307 Å². The number of allylic oxidation sites excluding steroid dienone is 5. The van der Waals surface area contributed by atoms with E-state index >= 15 is 0 Å². The summed E-state index contributed by atoms with van der Waals surface area (Å²) in [5.41, 5.74) is 4.40. The first-order valence-corrected chi connectivity index (χ1v) is 23.4. The van der Waals surface area contributed by atoms with Gasteiger partial charge in [-0.1, -0.05) is 22.3 Å². The monoisotopic (exact) mass is 771 g/mol. The van der Waals surface area contributed by atoms with Crippen molar-refractivity contribution in [3.63, 3.8) is 0 Å². The Bertz CT molecular complexity index is 1390. The summed E-state index contributed by atoms with van der Waals surface area (Å²) in [6.07, 6.45) is 12.1. The third kappa shape index (κ3) is 17.7. The van der Waals surface area contributed by atoms with Crippen molar-refractivity contribution in [2.45, 2.75) is 112 Å². The van der Waals surface area contributed by atoms with Crippen LogP contribution in [0, 0.1) is 45.8 Å². The largest absolute Gasteiger partial charge is 0.354 e. The molecule has 2 atom stereocenters. The lowest BCUT2D eigenvalue weighted by molar-refractivity contribution is 0.217. The first-order chi connectivity index (χ1) is 24.4. The van der Waals surface area contributed by atoms with Crippen molar-refractivity contribution in [3.8, 4) is 18.2 Å². The Kier molecular flexibility index (Phi) is 24.0. The number of hydrogen-bond donors (Lipinski definition) is 0. The van der Waals surface area contributed by atoms with E-state index in [-0.39, 0.29) is 11.8 Å². The van der Waals surface area contributed by atoms with Crippen LogP contribution in [0.2, 0.25) is 0 Å². The van der Waals surface area contributed by atoms with E-state index in [0.717, 1.165) is 80.1 Å². The van der Waals surface area contributed by atoms with Crippen LogP contribution in [0.15, 0.2) is 34.2 Å². The third-order valence-corrected chi connectivity index (χ3v) is 14.6. The van der Waals surface area contributed by atoms with Gasteiger partial charge in [0.05, 0.1) is 76.6 Å². The maximum atomic E-state index is 12.4. The predicted octanol–water partition coefficient (Wildman–Crippen LogP) is 11.0. The molecule has 0 aromatic heterocycles. The van der Waals surface area contributed by atoms with Crippen LogP contribution in [0.25, 0.3) is 0 Å². The molecule has 0 aliphatic heterocycles. The van der Waals surface area contributed by atoms with E-state index in [2.05, 4.69) is 18.2 Å². The SMILES string of the molecule is CCOP(=O)(C=C1CCCC1CC#N)OCC.CCOP(=O)(CC1=C(CC#N)CCC1)OCC.CCOP(=O)(CC1CCCC1=CC#N)OCC. The van der Waals surface area contributed by atoms with E-state index in [1.54, 1.807) is 25.7 Å². The molecular formula is C36H60N3O9P3. The molecule has 0 aromatic carbocycles. The lowest BCUT2D eigenvalue weighted by Gasteiger charge is -2.20. The van der Waals surface area contributed by atoms with Crippen molar-refractivity contribution in [1.82, 2.24) is 0 Å². The Hall–Kier alpha value is -1.86. The van der Waals surface area contributed by atoms with Crippen LogP contribution in [-0.2, 0) is 40.8 Å². The summed E-state index contributed by atoms with van der Waals surface area (Å²) in [6.45, 7) is 13.1. The molecule has 2 saturated carbocycles. The molecule has 3 aliphatic carbocycles. The van der Waals surface area contributed by atoms with E-state index < -0.39 is 22.8 Å². The average molecular weight is 772 g/mol. The number of nitrogens with zero attached hydrogens (tertiary/aromatic N) is 3. The molecule has 0 radical (unpaired) electrons. The van der Waals surface area contributed by atoms with Gasteiger partial charge in [0.1, 0.15) is 0 Å². The highest BCUT2D eigenvalue weighted by Gasteiger charge is 2.33. The standard InChI is InChI=1S/3C12H20NO3P/c3*1-3-15-17(14,16-4-2)10-12-7-5-6-11(12)8-9-13/h3-8,10H2,1-2H3;10-11H,3-8H2,1-2H3;8,12H,3-7,10H2,1-2H3. The second-order valence-corrected chi connectivity index (χ2v) is 18.1. The maximum Gasteiger partial charge on any atom is 0.354 e. The summed E-state index contributed by atoms with van der Waals surface area (Å²) in [5, 5.41) is 26.2. The van der Waals surface area contributed by atoms with Gasteiger partial charge in [0.2, 0.25) is 0 Å². The first-order valence-electron chi connectivity index (χ1n) is 18.3. The minimum absolute atomic E-state index is 0.179. The molecule has 0 amide bonds. The highest BCUT2D eigenvalue weighted by Crippen LogP contribution is 2.54. The number of nitriles is 3. The van der Waals surface area contributed by atoms with E-state index in [1.165, 1.54) is 0 Å². The zero-order valence-corrected chi connectivity index (χ0v) is 34.3. The van der Waals surface area contributed by atoms with Gasteiger partial charge in [-0.2, -0.15) is 15.8 Å². The number of rotatable bonds is 19. The molecule has 15 heteroatoms. The van der Waals surface area contributed by atoms with Gasteiger partial charge >= 0.3 is 22.8 Å². The quantitative estimate of drug-likeness (QED) is 0.0690. The molecule has 2 fully saturated rings. The van der Waals surface area contributed by atoms with Crippen LogP contribution in [0.1, 0.15) is 112 Å². The average Bonchev–Trinajstić information content (AvgIpc) is 3.81. The second kappa shape index (κ2) is 26.0. The Morgan fingerprint density at radius 3 is 1.65 bits per heavy atom. The molecule has 0 heterocycles. The molecule has 12 nitrogen and oxygen atoms in total. The van der Waals surface area contributed by atoms with Crippen molar-refractivity contribution >= 4 is 22.8 Å². The van der Waals surface area contributed by atoms with Crippen molar-refractivity contribution < 1.29 is 40.8 Å². The topological polar surface area (TPSA) is 178 Å². The molecule has 288 valence electrons. The van der Waals surface area contributed by atoms with Crippen molar-refractivity contribution in [2.24, 2.45) is 11.8 Å². The fourth-order valence-corrected chi connectivity index (χ4v) is 12.1. The van der Waals surface area contributed by atoms with E-state index in [1.807, 2.05) is 27.7 Å². The summed E-state index contributed by atoms with van der Waals surface area (Å²) in [7, 11) is -9.08. The van der Waals surface area contributed by atoms with Gasteiger partial charge in [0.25, 0.3) is 0 Å². The summed E-state index contributed by atoms with van der Waals surface area (Å²) >= 11 is 0. The van der Waals surface area contributed by atoms with Gasteiger partial charge in [-0.05, 0) is 111 Å². The van der Waals surface area contributed by atoms with Gasteiger partial charge in [-0.15, -0.1) is 0 Å². The molecule has 0 spiro atoms. The van der Waals surface area contributed by atoms with Crippen molar-refractivity contribution in [2.75, 3.05) is 52.0 Å². The fourth-order valence-electron chi connectivity index (χ4n) is 6.48. The molecule has 2 unspecified atom stereocenters. The fraction of sp³-hybridized carbons (Fsp3) is 0.750. The third-order valence-electron chi connectivity index (χ3n) is 8.50.